The predicted molar refractivity (Wildman–Crippen MR) is 83.9 cm³/mol. The van der Waals surface area contributed by atoms with Gasteiger partial charge in [0.15, 0.2) is 0 Å². The molecule has 0 saturated heterocycles. The first kappa shape index (κ1) is 15.5. The molecule has 2 fully saturated rings. The summed E-state index contributed by atoms with van der Waals surface area (Å²) in [6.07, 6.45) is 13.0. The molecule has 0 heterocycles. The molecule has 3 heteroatoms. The van der Waals surface area contributed by atoms with Gasteiger partial charge in [0.1, 0.15) is 0 Å². The molecule has 1 N–H and O–H groups in total. The van der Waals surface area contributed by atoms with Gasteiger partial charge in [0.25, 0.3) is 0 Å². The van der Waals surface area contributed by atoms with Crippen molar-refractivity contribution in [2.75, 3.05) is 12.3 Å². The molecule has 0 bridgehead atoms. The van der Waals surface area contributed by atoms with Gasteiger partial charge >= 0.3 is 0 Å². The largest absolute Gasteiger partial charge is 0.313 e. The number of hydrogen-bond acceptors (Lipinski definition) is 2. The Morgan fingerprint density at radius 2 is 1.68 bits per heavy atom. The van der Waals surface area contributed by atoms with Crippen molar-refractivity contribution in [3.05, 3.63) is 0 Å². The first-order valence-electron chi connectivity index (χ1n) is 8.41. The Morgan fingerprint density at radius 1 is 1.05 bits per heavy atom. The quantitative estimate of drug-likeness (QED) is 0.774. The zero-order valence-corrected chi connectivity index (χ0v) is 13.4. The van der Waals surface area contributed by atoms with Gasteiger partial charge in [-0.25, -0.2) is 0 Å². The van der Waals surface area contributed by atoms with Crippen LogP contribution in [-0.2, 0) is 10.8 Å². The standard InChI is InChI=1S/C16H31NOS/c1-2-12-17-16(14-8-6-7-9-14)13-19(18)15-10-4-3-5-11-15/h14-17H,2-13H2,1H3. The molecular formula is C16H31NOS. The minimum atomic E-state index is -0.599. The molecule has 2 atom stereocenters. The van der Waals surface area contributed by atoms with E-state index in [4.69, 9.17) is 0 Å². The summed E-state index contributed by atoms with van der Waals surface area (Å²) in [6.45, 7) is 3.31. The third-order valence-electron chi connectivity index (χ3n) is 4.89. The van der Waals surface area contributed by atoms with E-state index < -0.39 is 10.8 Å². The number of nitrogens with one attached hydrogen (secondary N) is 1. The molecule has 2 nitrogen and oxygen atoms in total. The second kappa shape index (κ2) is 8.41. The van der Waals surface area contributed by atoms with E-state index >= 15 is 0 Å². The maximum Gasteiger partial charge on any atom is 0.0394 e. The minimum Gasteiger partial charge on any atom is -0.313 e. The molecule has 0 aliphatic heterocycles. The monoisotopic (exact) mass is 285 g/mol. The smallest absolute Gasteiger partial charge is 0.0394 e. The van der Waals surface area contributed by atoms with Crippen molar-refractivity contribution in [3.8, 4) is 0 Å². The summed E-state index contributed by atoms with van der Waals surface area (Å²) >= 11 is 0. The third-order valence-corrected chi connectivity index (χ3v) is 6.80. The molecule has 112 valence electrons. The molecule has 2 aliphatic carbocycles. The summed E-state index contributed by atoms with van der Waals surface area (Å²) in [5.41, 5.74) is 0. The predicted octanol–water partition coefficient (Wildman–Crippen LogP) is 3.63. The zero-order valence-electron chi connectivity index (χ0n) is 12.5. The summed E-state index contributed by atoms with van der Waals surface area (Å²) in [4.78, 5) is 0. The van der Waals surface area contributed by atoms with Gasteiger partial charge in [-0.15, -0.1) is 0 Å². The molecule has 0 aromatic carbocycles. The second-order valence-corrected chi connectivity index (χ2v) is 8.17. The van der Waals surface area contributed by atoms with Crippen molar-refractivity contribution in [2.45, 2.75) is 82.4 Å². The minimum absolute atomic E-state index is 0.501. The summed E-state index contributed by atoms with van der Waals surface area (Å²) in [5.74, 6) is 1.70. The van der Waals surface area contributed by atoms with Crippen LogP contribution in [0, 0.1) is 5.92 Å². The molecule has 19 heavy (non-hydrogen) atoms. The molecular weight excluding hydrogens is 254 g/mol. The average molecular weight is 285 g/mol. The highest BCUT2D eigenvalue weighted by Gasteiger charge is 2.28. The van der Waals surface area contributed by atoms with E-state index in [2.05, 4.69) is 12.2 Å². The van der Waals surface area contributed by atoms with Gasteiger partial charge in [0.2, 0.25) is 0 Å². The molecule has 2 saturated carbocycles. The molecule has 2 unspecified atom stereocenters. The highest BCUT2D eigenvalue weighted by atomic mass is 32.2. The summed E-state index contributed by atoms with van der Waals surface area (Å²) in [7, 11) is -0.599. The van der Waals surface area contributed by atoms with Crippen LogP contribution in [-0.4, -0.2) is 27.8 Å². The van der Waals surface area contributed by atoms with Gasteiger partial charge in [0, 0.05) is 27.8 Å². The summed E-state index contributed by atoms with van der Waals surface area (Å²) in [5, 5.41) is 4.19. The second-order valence-electron chi connectivity index (χ2n) is 6.41. The van der Waals surface area contributed by atoms with Crippen molar-refractivity contribution in [2.24, 2.45) is 5.92 Å². The van der Waals surface area contributed by atoms with E-state index in [1.807, 2.05) is 0 Å². The van der Waals surface area contributed by atoms with Crippen LogP contribution in [0.25, 0.3) is 0 Å². The van der Waals surface area contributed by atoms with Crippen LogP contribution in [0.2, 0.25) is 0 Å². The Bertz CT molecular complexity index is 270. The Kier molecular flexibility index (Phi) is 6.86. The van der Waals surface area contributed by atoms with Crippen molar-refractivity contribution in [1.82, 2.24) is 5.32 Å². The number of hydrogen-bond donors (Lipinski definition) is 1. The lowest BCUT2D eigenvalue weighted by molar-refractivity contribution is 0.384. The van der Waals surface area contributed by atoms with E-state index in [0.29, 0.717) is 11.3 Å². The Hall–Kier alpha value is 0.110. The highest BCUT2D eigenvalue weighted by Crippen LogP contribution is 2.29. The van der Waals surface area contributed by atoms with E-state index in [9.17, 15) is 4.21 Å². The highest BCUT2D eigenvalue weighted by molar-refractivity contribution is 7.85. The van der Waals surface area contributed by atoms with Gasteiger partial charge in [0.05, 0.1) is 0 Å². The van der Waals surface area contributed by atoms with Crippen LogP contribution < -0.4 is 5.32 Å². The van der Waals surface area contributed by atoms with Crippen LogP contribution in [0.5, 0.6) is 0 Å². The van der Waals surface area contributed by atoms with Gasteiger partial charge in [-0.1, -0.05) is 39.0 Å². The normalized spacial score (nSPS) is 25.5. The van der Waals surface area contributed by atoms with Crippen molar-refractivity contribution < 1.29 is 4.21 Å². The number of rotatable bonds is 7. The molecule has 0 aromatic heterocycles. The average Bonchev–Trinajstić information content (AvgIpc) is 2.98. The first-order chi connectivity index (χ1) is 9.31. The van der Waals surface area contributed by atoms with Crippen LogP contribution >= 0.6 is 0 Å². The van der Waals surface area contributed by atoms with E-state index in [1.165, 1.54) is 64.2 Å². The van der Waals surface area contributed by atoms with E-state index in [1.54, 1.807) is 0 Å². The van der Waals surface area contributed by atoms with Crippen molar-refractivity contribution in [1.29, 1.82) is 0 Å². The Balaban J connectivity index is 1.84. The SMILES string of the molecule is CCCNC(CS(=O)C1CCCCC1)C1CCCC1. The third kappa shape index (κ3) is 4.86. The molecule has 0 aromatic rings. The lowest BCUT2D eigenvalue weighted by Crippen LogP contribution is -2.41. The Labute approximate surface area is 121 Å². The fourth-order valence-corrected chi connectivity index (χ4v) is 5.57. The lowest BCUT2D eigenvalue weighted by atomic mass is 9.99. The van der Waals surface area contributed by atoms with Crippen LogP contribution in [0.1, 0.15) is 71.1 Å². The molecule has 0 amide bonds. The van der Waals surface area contributed by atoms with Gasteiger partial charge < -0.3 is 5.32 Å². The van der Waals surface area contributed by atoms with Gasteiger partial charge in [-0.3, -0.25) is 4.21 Å². The lowest BCUT2D eigenvalue weighted by Gasteiger charge is -2.28. The van der Waals surface area contributed by atoms with Crippen molar-refractivity contribution >= 4 is 10.8 Å². The Morgan fingerprint density at radius 3 is 2.32 bits per heavy atom. The van der Waals surface area contributed by atoms with Crippen molar-refractivity contribution in [3.63, 3.8) is 0 Å². The zero-order chi connectivity index (χ0) is 13.5. The van der Waals surface area contributed by atoms with Gasteiger partial charge in [-0.2, -0.15) is 0 Å². The van der Waals surface area contributed by atoms with Crippen LogP contribution in [0.4, 0.5) is 0 Å². The molecule has 0 spiro atoms. The first-order valence-corrected chi connectivity index (χ1v) is 9.80. The van der Waals surface area contributed by atoms with Crippen LogP contribution in [0.3, 0.4) is 0 Å². The van der Waals surface area contributed by atoms with E-state index in [-0.39, 0.29) is 0 Å². The molecule has 0 radical (unpaired) electrons. The van der Waals surface area contributed by atoms with Gasteiger partial charge in [-0.05, 0) is 44.6 Å². The fraction of sp³-hybridized carbons (Fsp3) is 1.00. The molecule has 2 aliphatic rings. The maximum atomic E-state index is 12.6. The summed E-state index contributed by atoms with van der Waals surface area (Å²) < 4.78 is 12.6. The van der Waals surface area contributed by atoms with E-state index in [0.717, 1.165) is 18.2 Å². The fourth-order valence-electron chi connectivity index (χ4n) is 3.69. The topological polar surface area (TPSA) is 29.1 Å². The maximum absolute atomic E-state index is 12.6. The van der Waals surface area contributed by atoms with Crippen LogP contribution in [0.15, 0.2) is 0 Å². The molecule has 2 rings (SSSR count). The summed E-state index contributed by atoms with van der Waals surface area (Å²) in [6, 6.07) is 0.519.